The molecular formula is C19H26ClFN4O3. The number of rotatable bonds is 6. The van der Waals surface area contributed by atoms with Gasteiger partial charge in [0.25, 0.3) is 5.56 Å². The molecule has 9 heteroatoms. The Labute approximate surface area is 169 Å². The maximum absolute atomic E-state index is 14.1. The van der Waals surface area contributed by atoms with Gasteiger partial charge in [0.1, 0.15) is 0 Å². The predicted octanol–water partition coefficient (Wildman–Crippen LogP) is 1.02. The zero-order valence-corrected chi connectivity index (χ0v) is 17.1. The summed E-state index contributed by atoms with van der Waals surface area (Å²) in [6, 6.07) is 5.14. The van der Waals surface area contributed by atoms with Crippen LogP contribution >= 0.6 is 12.4 Å². The van der Waals surface area contributed by atoms with Crippen molar-refractivity contribution in [2.75, 3.05) is 20.2 Å². The number of ether oxygens (including phenoxy) is 1. The van der Waals surface area contributed by atoms with Gasteiger partial charge in [0.2, 0.25) is 0 Å². The van der Waals surface area contributed by atoms with Gasteiger partial charge in [-0.15, -0.1) is 12.4 Å². The average Bonchev–Trinajstić information content (AvgIpc) is 3.18. The van der Waals surface area contributed by atoms with E-state index >= 15 is 0 Å². The Morgan fingerprint density at radius 3 is 2.64 bits per heavy atom. The molecule has 0 spiro atoms. The number of benzene rings is 1. The summed E-state index contributed by atoms with van der Waals surface area (Å²) in [4.78, 5) is 26.6. The molecule has 0 aliphatic carbocycles. The molecule has 3 rings (SSSR count). The number of nitrogens with one attached hydrogen (secondary N) is 1. The monoisotopic (exact) mass is 412 g/mol. The van der Waals surface area contributed by atoms with Gasteiger partial charge < -0.3 is 14.6 Å². The van der Waals surface area contributed by atoms with E-state index in [9.17, 15) is 14.0 Å². The second kappa shape index (κ2) is 9.36. The Balaban J connectivity index is 0.00000280. The molecule has 28 heavy (non-hydrogen) atoms. The van der Waals surface area contributed by atoms with E-state index in [1.165, 1.54) is 24.8 Å². The third-order valence-electron chi connectivity index (χ3n) is 5.04. The summed E-state index contributed by atoms with van der Waals surface area (Å²) in [7, 11) is 4.55. The molecule has 2 aromatic rings. The Morgan fingerprint density at radius 2 is 2.04 bits per heavy atom. The van der Waals surface area contributed by atoms with Crippen LogP contribution in [-0.2, 0) is 27.2 Å². The van der Waals surface area contributed by atoms with Crippen LogP contribution in [0, 0.1) is 5.82 Å². The van der Waals surface area contributed by atoms with Crippen molar-refractivity contribution in [1.29, 1.82) is 0 Å². The van der Waals surface area contributed by atoms with Crippen molar-refractivity contribution in [3.05, 3.63) is 62.2 Å². The van der Waals surface area contributed by atoms with Gasteiger partial charge in [-0.1, -0.05) is 6.07 Å². The highest BCUT2D eigenvalue weighted by Gasteiger charge is 2.24. The summed E-state index contributed by atoms with van der Waals surface area (Å²) < 4.78 is 21.6. The van der Waals surface area contributed by atoms with Gasteiger partial charge in [0.05, 0.1) is 7.11 Å². The number of hydrogen-bond acceptors (Lipinski definition) is 5. The van der Waals surface area contributed by atoms with Gasteiger partial charge in [-0.3, -0.25) is 14.3 Å². The van der Waals surface area contributed by atoms with Crippen LogP contribution in [0.4, 0.5) is 4.39 Å². The normalized spacial score (nSPS) is 16.2. The minimum atomic E-state index is -0.405. The summed E-state index contributed by atoms with van der Waals surface area (Å²) >= 11 is 0. The van der Waals surface area contributed by atoms with E-state index in [-0.39, 0.29) is 35.4 Å². The van der Waals surface area contributed by atoms with Crippen molar-refractivity contribution >= 4 is 12.4 Å². The first-order chi connectivity index (χ1) is 12.9. The third-order valence-corrected chi connectivity index (χ3v) is 5.04. The lowest BCUT2D eigenvalue weighted by Gasteiger charge is -2.28. The van der Waals surface area contributed by atoms with Crippen LogP contribution < -0.4 is 21.3 Å². The van der Waals surface area contributed by atoms with Crippen molar-refractivity contribution in [1.82, 2.24) is 19.4 Å². The maximum atomic E-state index is 14.1. The van der Waals surface area contributed by atoms with Crippen LogP contribution in [0.5, 0.6) is 5.75 Å². The minimum absolute atomic E-state index is 0. The van der Waals surface area contributed by atoms with E-state index in [1.54, 1.807) is 19.3 Å². The molecule has 1 aliphatic rings. The molecule has 154 valence electrons. The van der Waals surface area contributed by atoms with Crippen molar-refractivity contribution < 1.29 is 9.13 Å². The lowest BCUT2D eigenvalue weighted by atomic mass is 10.1. The molecule has 1 aromatic carbocycles. The van der Waals surface area contributed by atoms with Crippen LogP contribution in [0.25, 0.3) is 0 Å². The smallest absolute Gasteiger partial charge is 0.330 e. The zero-order valence-electron chi connectivity index (χ0n) is 16.3. The van der Waals surface area contributed by atoms with Gasteiger partial charge in [-0.05, 0) is 30.7 Å². The molecule has 1 aliphatic heterocycles. The van der Waals surface area contributed by atoms with Gasteiger partial charge in [0.15, 0.2) is 11.6 Å². The first-order valence-corrected chi connectivity index (χ1v) is 8.93. The highest BCUT2D eigenvalue weighted by Crippen LogP contribution is 2.21. The lowest BCUT2D eigenvalue weighted by Crippen LogP contribution is -2.42. The molecule has 0 bridgehead atoms. The molecular weight excluding hydrogens is 387 g/mol. The zero-order chi connectivity index (χ0) is 19.6. The molecule has 0 radical (unpaired) electrons. The molecule has 1 atom stereocenters. The number of aryl methyl sites for hydroxylation is 1. The Bertz CT molecular complexity index is 938. The second-order valence-corrected chi connectivity index (χ2v) is 6.93. The number of methoxy groups -OCH3 is 1. The summed E-state index contributed by atoms with van der Waals surface area (Å²) in [6.45, 7) is 2.61. The molecule has 0 amide bonds. The lowest BCUT2D eigenvalue weighted by molar-refractivity contribution is 0.188. The first-order valence-electron chi connectivity index (χ1n) is 8.93. The number of aromatic nitrogens is 2. The second-order valence-electron chi connectivity index (χ2n) is 6.93. The molecule has 1 unspecified atom stereocenters. The van der Waals surface area contributed by atoms with Crippen LogP contribution in [0.3, 0.4) is 0 Å². The van der Waals surface area contributed by atoms with Crippen molar-refractivity contribution in [3.8, 4) is 5.75 Å². The van der Waals surface area contributed by atoms with E-state index in [0.717, 1.165) is 29.6 Å². The highest BCUT2D eigenvalue weighted by atomic mass is 35.5. The van der Waals surface area contributed by atoms with E-state index in [4.69, 9.17) is 4.74 Å². The average molecular weight is 413 g/mol. The molecule has 1 saturated heterocycles. The van der Waals surface area contributed by atoms with E-state index in [0.29, 0.717) is 18.7 Å². The first kappa shape index (κ1) is 22.1. The van der Waals surface area contributed by atoms with E-state index < -0.39 is 5.82 Å². The van der Waals surface area contributed by atoms with Gasteiger partial charge in [-0.25, -0.2) is 9.18 Å². The molecule has 1 aromatic heterocycles. The summed E-state index contributed by atoms with van der Waals surface area (Å²) in [6.07, 6.45) is 2.54. The third kappa shape index (κ3) is 4.63. The fourth-order valence-corrected chi connectivity index (χ4v) is 3.52. The quantitative estimate of drug-likeness (QED) is 0.767. The topological polar surface area (TPSA) is 68.5 Å². The number of halogens is 2. The SMILES string of the molecule is COc1ccc(CN(Cc2cn(C)c(=O)n(C)c2=O)C2CCNC2)cc1F.Cl. The number of nitrogens with zero attached hydrogens (tertiary/aromatic N) is 3. The Kier molecular flexibility index (Phi) is 7.40. The minimum Gasteiger partial charge on any atom is -0.494 e. The largest absolute Gasteiger partial charge is 0.494 e. The summed E-state index contributed by atoms with van der Waals surface area (Å²) in [5, 5.41) is 3.33. The summed E-state index contributed by atoms with van der Waals surface area (Å²) in [5.74, 6) is -0.197. The molecule has 0 saturated carbocycles. The van der Waals surface area contributed by atoms with Gasteiger partial charge >= 0.3 is 5.69 Å². The summed E-state index contributed by atoms with van der Waals surface area (Å²) in [5.41, 5.74) is 0.701. The highest BCUT2D eigenvalue weighted by molar-refractivity contribution is 5.85. The molecule has 2 heterocycles. The Morgan fingerprint density at radius 1 is 1.29 bits per heavy atom. The van der Waals surface area contributed by atoms with Crippen molar-refractivity contribution in [2.45, 2.75) is 25.6 Å². The van der Waals surface area contributed by atoms with Crippen LogP contribution in [0.1, 0.15) is 17.5 Å². The van der Waals surface area contributed by atoms with Gasteiger partial charge in [0, 0.05) is 51.5 Å². The van der Waals surface area contributed by atoms with Crippen LogP contribution in [0.15, 0.2) is 34.0 Å². The van der Waals surface area contributed by atoms with Crippen molar-refractivity contribution in [3.63, 3.8) is 0 Å². The maximum Gasteiger partial charge on any atom is 0.330 e. The fourth-order valence-electron chi connectivity index (χ4n) is 3.52. The van der Waals surface area contributed by atoms with Gasteiger partial charge in [-0.2, -0.15) is 0 Å². The van der Waals surface area contributed by atoms with E-state index in [1.807, 2.05) is 6.07 Å². The fraction of sp³-hybridized carbons (Fsp3) is 0.474. The molecule has 7 nitrogen and oxygen atoms in total. The van der Waals surface area contributed by atoms with E-state index in [2.05, 4.69) is 10.2 Å². The number of hydrogen-bond donors (Lipinski definition) is 1. The van der Waals surface area contributed by atoms with Crippen molar-refractivity contribution in [2.24, 2.45) is 14.1 Å². The molecule has 1 fully saturated rings. The van der Waals surface area contributed by atoms with Crippen LogP contribution in [-0.4, -0.2) is 40.3 Å². The standard InChI is InChI=1S/C19H25FN4O3.ClH/c1-22-11-14(18(25)23(2)19(22)26)12-24(15-6-7-21-9-15)10-13-4-5-17(27-3)16(20)8-13;/h4-5,8,11,15,21H,6-7,9-10,12H2,1-3H3;1H. The predicted molar refractivity (Wildman–Crippen MR) is 108 cm³/mol. The Hall–Kier alpha value is -2.16. The van der Waals surface area contributed by atoms with Crippen LogP contribution in [0.2, 0.25) is 0 Å². The molecule has 1 N–H and O–H groups in total.